The fourth-order valence-corrected chi connectivity index (χ4v) is 3.69. The molecule has 0 radical (unpaired) electrons. The third-order valence-electron chi connectivity index (χ3n) is 3.07. The zero-order valence-electron chi connectivity index (χ0n) is 11.8. The lowest BCUT2D eigenvalue weighted by molar-refractivity contribution is 0.102. The second kappa shape index (κ2) is 7.00. The molecule has 0 aliphatic heterocycles. The molecule has 0 saturated carbocycles. The van der Waals surface area contributed by atoms with Gasteiger partial charge in [0.25, 0.3) is 0 Å². The first-order valence-electron chi connectivity index (χ1n) is 6.33. The van der Waals surface area contributed by atoms with E-state index in [9.17, 15) is 9.00 Å². The minimum absolute atomic E-state index is 0.0242. The van der Waals surface area contributed by atoms with Gasteiger partial charge in [0.2, 0.25) is 0 Å². The molecule has 110 valence electrons. The highest BCUT2D eigenvalue weighted by atomic mass is 79.9. The SMILES string of the molecule is COc1ccc(C(=O)CS(=O)c2ccccc2C)cc1Br. The Balaban J connectivity index is 2.17. The second-order valence-corrected chi connectivity index (χ2v) is 6.80. The predicted octanol–water partition coefficient (Wildman–Crippen LogP) is 3.76. The van der Waals surface area contributed by atoms with E-state index in [-0.39, 0.29) is 11.5 Å². The van der Waals surface area contributed by atoms with Gasteiger partial charge in [0.05, 0.1) is 28.1 Å². The van der Waals surface area contributed by atoms with Crippen LogP contribution in [-0.2, 0) is 10.8 Å². The van der Waals surface area contributed by atoms with E-state index in [2.05, 4.69) is 15.9 Å². The Labute approximate surface area is 134 Å². The van der Waals surface area contributed by atoms with E-state index in [1.54, 1.807) is 31.4 Å². The highest BCUT2D eigenvalue weighted by Gasteiger charge is 2.15. The summed E-state index contributed by atoms with van der Waals surface area (Å²) < 4.78 is 18.1. The molecule has 2 rings (SSSR count). The van der Waals surface area contributed by atoms with Crippen LogP contribution in [0.4, 0.5) is 0 Å². The van der Waals surface area contributed by atoms with Gasteiger partial charge in [0.15, 0.2) is 5.78 Å². The summed E-state index contributed by atoms with van der Waals surface area (Å²) in [6.45, 7) is 1.89. The Bertz CT molecular complexity index is 698. The third-order valence-corrected chi connectivity index (χ3v) is 5.17. The molecule has 0 bridgehead atoms. The molecule has 1 atom stereocenters. The van der Waals surface area contributed by atoms with Crippen molar-refractivity contribution in [3.05, 3.63) is 58.1 Å². The number of methoxy groups -OCH3 is 1. The van der Waals surface area contributed by atoms with E-state index in [4.69, 9.17) is 4.74 Å². The van der Waals surface area contributed by atoms with Gasteiger partial charge >= 0.3 is 0 Å². The third kappa shape index (κ3) is 3.80. The summed E-state index contributed by atoms with van der Waals surface area (Å²) in [5, 5.41) is 0. The molecule has 0 saturated heterocycles. The maximum Gasteiger partial charge on any atom is 0.175 e. The maximum atomic E-state index is 12.3. The first-order valence-corrected chi connectivity index (χ1v) is 8.45. The van der Waals surface area contributed by atoms with Gasteiger partial charge in [-0.1, -0.05) is 18.2 Å². The number of carbonyl (C=O) groups excluding carboxylic acids is 1. The highest BCUT2D eigenvalue weighted by molar-refractivity contribution is 9.10. The molecule has 3 nitrogen and oxygen atoms in total. The zero-order chi connectivity index (χ0) is 15.4. The van der Waals surface area contributed by atoms with Gasteiger partial charge in [0.1, 0.15) is 5.75 Å². The zero-order valence-corrected chi connectivity index (χ0v) is 14.2. The first-order chi connectivity index (χ1) is 10.0. The summed E-state index contributed by atoms with van der Waals surface area (Å²) in [6.07, 6.45) is 0. The lowest BCUT2D eigenvalue weighted by Crippen LogP contribution is -2.12. The van der Waals surface area contributed by atoms with Crippen LogP contribution in [0.15, 0.2) is 51.8 Å². The van der Waals surface area contributed by atoms with Crippen LogP contribution in [0.3, 0.4) is 0 Å². The van der Waals surface area contributed by atoms with Crippen molar-refractivity contribution in [3.8, 4) is 5.75 Å². The summed E-state index contributed by atoms with van der Waals surface area (Å²) >= 11 is 3.35. The largest absolute Gasteiger partial charge is 0.496 e. The molecule has 0 aliphatic rings. The first kappa shape index (κ1) is 15.9. The van der Waals surface area contributed by atoms with Gasteiger partial charge < -0.3 is 4.74 Å². The molecule has 0 fully saturated rings. The minimum Gasteiger partial charge on any atom is -0.496 e. The molecule has 2 aromatic carbocycles. The van der Waals surface area contributed by atoms with Crippen molar-refractivity contribution in [2.24, 2.45) is 0 Å². The summed E-state index contributed by atoms with van der Waals surface area (Å²) in [4.78, 5) is 12.9. The van der Waals surface area contributed by atoms with Gasteiger partial charge in [-0.15, -0.1) is 0 Å². The topological polar surface area (TPSA) is 43.4 Å². The minimum atomic E-state index is -1.34. The van der Waals surface area contributed by atoms with Crippen LogP contribution in [0.5, 0.6) is 5.75 Å². The molecular formula is C16H15BrO3S. The number of ether oxygens (including phenoxy) is 1. The van der Waals surface area contributed by atoms with Gasteiger partial charge in [-0.2, -0.15) is 0 Å². The van der Waals surface area contributed by atoms with Crippen molar-refractivity contribution in [2.45, 2.75) is 11.8 Å². The second-order valence-electron chi connectivity index (χ2n) is 4.53. The van der Waals surface area contributed by atoms with Crippen LogP contribution in [0.1, 0.15) is 15.9 Å². The monoisotopic (exact) mass is 366 g/mol. The van der Waals surface area contributed by atoms with Crippen molar-refractivity contribution in [2.75, 3.05) is 12.9 Å². The van der Waals surface area contributed by atoms with Crippen molar-refractivity contribution >= 4 is 32.5 Å². The molecular weight excluding hydrogens is 352 g/mol. The number of ketones is 1. The smallest absolute Gasteiger partial charge is 0.175 e. The summed E-state index contributed by atoms with van der Waals surface area (Å²) in [5.74, 6) is 0.482. The van der Waals surface area contributed by atoms with Crippen LogP contribution in [-0.4, -0.2) is 22.9 Å². The lowest BCUT2D eigenvalue weighted by atomic mass is 10.1. The van der Waals surface area contributed by atoms with Crippen molar-refractivity contribution in [1.82, 2.24) is 0 Å². The molecule has 0 heterocycles. The fraction of sp³-hybridized carbons (Fsp3) is 0.188. The van der Waals surface area contributed by atoms with E-state index < -0.39 is 10.8 Å². The van der Waals surface area contributed by atoms with E-state index in [1.165, 1.54) is 0 Å². The average molecular weight is 367 g/mol. The van der Waals surface area contributed by atoms with Gasteiger partial charge in [0, 0.05) is 10.5 Å². The van der Waals surface area contributed by atoms with Crippen LogP contribution in [0, 0.1) is 6.92 Å². The van der Waals surface area contributed by atoms with Gasteiger partial charge in [-0.25, -0.2) is 0 Å². The molecule has 1 unspecified atom stereocenters. The standard InChI is InChI=1S/C16H15BrO3S/c1-11-5-3-4-6-16(11)21(19)10-14(18)12-7-8-15(20-2)13(17)9-12/h3-9H,10H2,1-2H3. The molecule has 5 heteroatoms. The lowest BCUT2D eigenvalue weighted by Gasteiger charge is -2.07. The van der Waals surface area contributed by atoms with Crippen LogP contribution in [0.25, 0.3) is 0 Å². The Morgan fingerprint density at radius 3 is 2.57 bits per heavy atom. The molecule has 0 spiro atoms. The molecule has 0 aliphatic carbocycles. The Morgan fingerprint density at radius 2 is 1.95 bits per heavy atom. The van der Waals surface area contributed by atoms with Crippen LogP contribution >= 0.6 is 15.9 Å². The van der Waals surface area contributed by atoms with Gasteiger partial charge in [-0.3, -0.25) is 9.00 Å². The molecule has 0 amide bonds. The summed E-state index contributed by atoms with van der Waals surface area (Å²) in [7, 11) is 0.229. The molecule has 2 aromatic rings. The van der Waals surface area contributed by atoms with Crippen molar-refractivity contribution in [3.63, 3.8) is 0 Å². The highest BCUT2D eigenvalue weighted by Crippen LogP contribution is 2.26. The van der Waals surface area contributed by atoms with Crippen LogP contribution < -0.4 is 4.74 Å². The number of hydrogen-bond donors (Lipinski definition) is 0. The predicted molar refractivity (Wildman–Crippen MR) is 87.5 cm³/mol. The number of carbonyl (C=O) groups is 1. The Kier molecular flexibility index (Phi) is 5.31. The summed E-state index contributed by atoms with van der Waals surface area (Å²) in [5.41, 5.74) is 1.45. The Hall–Kier alpha value is -1.46. The number of aryl methyl sites for hydroxylation is 1. The quantitative estimate of drug-likeness (QED) is 0.756. The van der Waals surface area contributed by atoms with Gasteiger partial charge in [-0.05, 0) is 52.7 Å². The maximum absolute atomic E-state index is 12.3. The Morgan fingerprint density at radius 1 is 1.24 bits per heavy atom. The average Bonchev–Trinajstić information content (AvgIpc) is 2.47. The van der Waals surface area contributed by atoms with Crippen molar-refractivity contribution < 1.29 is 13.7 Å². The van der Waals surface area contributed by atoms with E-state index >= 15 is 0 Å². The number of benzene rings is 2. The number of halogens is 1. The number of Topliss-reactive ketones (excluding diaryl/α,β-unsaturated/α-hetero) is 1. The molecule has 0 aromatic heterocycles. The fourth-order valence-electron chi connectivity index (χ4n) is 1.93. The van der Waals surface area contributed by atoms with Crippen LogP contribution in [0.2, 0.25) is 0 Å². The summed E-state index contributed by atoms with van der Waals surface area (Å²) in [6, 6.07) is 12.5. The van der Waals surface area contributed by atoms with E-state index in [0.717, 1.165) is 5.56 Å². The van der Waals surface area contributed by atoms with E-state index in [0.29, 0.717) is 20.7 Å². The number of hydrogen-bond acceptors (Lipinski definition) is 3. The normalized spacial score (nSPS) is 12.0. The molecule has 0 N–H and O–H groups in total. The molecule has 21 heavy (non-hydrogen) atoms. The number of rotatable bonds is 5. The van der Waals surface area contributed by atoms with E-state index in [1.807, 2.05) is 25.1 Å². The van der Waals surface area contributed by atoms with Crippen molar-refractivity contribution in [1.29, 1.82) is 0 Å².